The second-order valence-corrected chi connectivity index (χ2v) is 6.03. The maximum Gasteiger partial charge on any atom is 0.251 e. The van der Waals surface area contributed by atoms with Crippen LogP contribution in [0.1, 0.15) is 15.9 Å². The number of halogens is 2. The van der Waals surface area contributed by atoms with Gasteiger partial charge in [-0.15, -0.1) is 0 Å². The number of carbonyl (C=O) groups excluding carboxylic acids is 2. The summed E-state index contributed by atoms with van der Waals surface area (Å²) >= 11 is 9.35. The quantitative estimate of drug-likeness (QED) is 0.836. The zero-order valence-corrected chi connectivity index (χ0v) is 13.9. The summed E-state index contributed by atoms with van der Waals surface area (Å²) in [5.74, 6) is -0.946. The van der Waals surface area contributed by atoms with Gasteiger partial charge in [0.2, 0.25) is 5.91 Å². The number of nitrogens with one attached hydrogen (secondary N) is 1. The Morgan fingerprint density at radius 1 is 1.18 bits per heavy atom. The first-order valence-electron chi connectivity index (χ1n) is 6.56. The highest BCUT2D eigenvalue weighted by Gasteiger charge is 2.20. The normalized spacial score (nSPS) is 11.7. The van der Waals surface area contributed by atoms with Crippen molar-refractivity contribution in [3.63, 3.8) is 0 Å². The van der Waals surface area contributed by atoms with Crippen LogP contribution >= 0.6 is 27.5 Å². The summed E-state index contributed by atoms with van der Waals surface area (Å²) in [6.45, 7) is 0. The highest BCUT2D eigenvalue weighted by molar-refractivity contribution is 9.10. The molecule has 4 nitrogen and oxygen atoms in total. The van der Waals surface area contributed by atoms with Crippen LogP contribution in [0.2, 0.25) is 5.02 Å². The van der Waals surface area contributed by atoms with E-state index in [1.165, 1.54) is 0 Å². The molecule has 2 amide bonds. The van der Waals surface area contributed by atoms with Gasteiger partial charge in [0.25, 0.3) is 5.91 Å². The standard InChI is InChI=1S/C16H14BrClN2O2/c17-13-7-6-12(18)8-11(13)9-14(15(19)21)20-16(22)10-4-2-1-3-5-10/h1-8,14H,9H2,(H2,19,21)(H,20,22)/t14-/m0/s1. The van der Waals surface area contributed by atoms with Crippen LogP contribution in [0.3, 0.4) is 0 Å². The Kier molecular flexibility index (Phi) is 5.57. The summed E-state index contributed by atoms with van der Waals surface area (Å²) in [5, 5.41) is 3.20. The molecule has 6 heteroatoms. The maximum atomic E-state index is 12.1. The Balaban J connectivity index is 2.15. The fourth-order valence-corrected chi connectivity index (χ4v) is 2.58. The van der Waals surface area contributed by atoms with Crippen molar-refractivity contribution >= 4 is 39.3 Å². The minimum absolute atomic E-state index is 0.259. The molecule has 0 saturated carbocycles. The molecule has 114 valence electrons. The lowest BCUT2D eigenvalue weighted by atomic mass is 10.0. The third-order valence-electron chi connectivity index (χ3n) is 3.12. The van der Waals surface area contributed by atoms with Crippen molar-refractivity contribution in [3.8, 4) is 0 Å². The number of nitrogens with two attached hydrogens (primary N) is 1. The van der Waals surface area contributed by atoms with E-state index < -0.39 is 11.9 Å². The van der Waals surface area contributed by atoms with E-state index in [4.69, 9.17) is 17.3 Å². The first-order chi connectivity index (χ1) is 10.5. The van der Waals surface area contributed by atoms with E-state index in [0.717, 1.165) is 10.0 Å². The zero-order valence-electron chi connectivity index (χ0n) is 11.6. The van der Waals surface area contributed by atoms with Crippen LogP contribution in [0.15, 0.2) is 53.0 Å². The molecular weight excluding hydrogens is 368 g/mol. The van der Waals surface area contributed by atoms with E-state index in [0.29, 0.717) is 10.6 Å². The molecule has 0 spiro atoms. The third kappa shape index (κ3) is 4.32. The number of carbonyl (C=O) groups is 2. The Bertz CT molecular complexity index is 692. The summed E-state index contributed by atoms with van der Waals surface area (Å²) < 4.78 is 0.803. The average Bonchev–Trinajstić information content (AvgIpc) is 2.50. The van der Waals surface area contributed by atoms with Crippen LogP contribution in [0, 0.1) is 0 Å². The summed E-state index contributed by atoms with van der Waals surface area (Å²) in [5.41, 5.74) is 6.66. The van der Waals surface area contributed by atoms with Crippen molar-refractivity contribution in [1.29, 1.82) is 0 Å². The van der Waals surface area contributed by atoms with Gasteiger partial charge in [0.05, 0.1) is 0 Å². The van der Waals surface area contributed by atoms with Crippen LogP contribution in [-0.4, -0.2) is 17.9 Å². The molecule has 1 atom stereocenters. The van der Waals surface area contributed by atoms with E-state index in [9.17, 15) is 9.59 Å². The maximum absolute atomic E-state index is 12.1. The second kappa shape index (κ2) is 7.42. The molecule has 0 fully saturated rings. The minimum atomic E-state index is -0.817. The number of rotatable bonds is 5. The monoisotopic (exact) mass is 380 g/mol. The van der Waals surface area contributed by atoms with Gasteiger partial charge >= 0.3 is 0 Å². The van der Waals surface area contributed by atoms with Gasteiger partial charge in [-0.1, -0.05) is 45.7 Å². The van der Waals surface area contributed by atoms with Crippen LogP contribution in [0.5, 0.6) is 0 Å². The highest BCUT2D eigenvalue weighted by atomic mass is 79.9. The van der Waals surface area contributed by atoms with Crippen molar-refractivity contribution < 1.29 is 9.59 Å². The van der Waals surface area contributed by atoms with Gasteiger partial charge in [-0.2, -0.15) is 0 Å². The number of benzene rings is 2. The fourth-order valence-electron chi connectivity index (χ4n) is 1.97. The number of primary amides is 1. The van der Waals surface area contributed by atoms with Gasteiger partial charge in [0.15, 0.2) is 0 Å². The van der Waals surface area contributed by atoms with Crippen LogP contribution in [0.4, 0.5) is 0 Å². The molecular formula is C16H14BrClN2O2. The predicted octanol–water partition coefficient (Wildman–Crippen LogP) is 2.93. The molecule has 2 aromatic carbocycles. The smallest absolute Gasteiger partial charge is 0.251 e. The first kappa shape index (κ1) is 16.5. The average molecular weight is 382 g/mol. The first-order valence-corrected chi connectivity index (χ1v) is 7.73. The van der Waals surface area contributed by atoms with Gasteiger partial charge in [0.1, 0.15) is 6.04 Å². The van der Waals surface area contributed by atoms with E-state index in [2.05, 4.69) is 21.2 Å². The van der Waals surface area contributed by atoms with Crippen LogP contribution in [-0.2, 0) is 11.2 Å². The van der Waals surface area contributed by atoms with E-state index in [-0.39, 0.29) is 12.3 Å². The van der Waals surface area contributed by atoms with Gasteiger partial charge in [-0.25, -0.2) is 0 Å². The second-order valence-electron chi connectivity index (χ2n) is 4.73. The van der Waals surface area contributed by atoms with Gasteiger partial charge in [0, 0.05) is 21.5 Å². The van der Waals surface area contributed by atoms with Gasteiger partial charge in [-0.05, 0) is 35.9 Å². The topological polar surface area (TPSA) is 72.2 Å². The fraction of sp³-hybridized carbons (Fsp3) is 0.125. The minimum Gasteiger partial charge on any atom is -0.368 e. The van der Waals surface area contributed by atoms with Crippen molar-refractivity contribution in [2.45, 2.75) is 12.5 Å². The Labute approximate surface area is 141 Å². The van der Waals surface area contributed by atoms with Crippen molar-refractivity contribution in [2.24, 2.45) is 5.73 Å². The number of amides is 2. The molecule has 2 aromatic rings. The van der Waals surface area contributed by atoms with E-state index in [1.807, 2.05) is 6.07 Å². The molecule has 0 unspecified atom stereocenters. The van der Waals surface area contributed by atoms with E-state index >= 15 is 0 Å². The predicted molar refractivity (Wildman–Crippen MR) is 89.7 cm³/mol. The van der Waals surface area contributed by atoms with Crippen LogP contribution in [0.25, 0.3) is 0 Å². The third-order valence-corrected chi connectivity index (χ3v) is 4.13. The molecule has 0 saturated heterocycles. The summed E-state index contributed by atoms with van der Waals surface area (Å²) in [6, 6.07) is 13.1. The van der Waals surface area contributed by atoms with Crippen LogP contribution < -0.4 is 11.1 Å². The summed E-state index contributed by atoms with van der Waals surface area (Å²) in [7, 11) is 0. The molecule has 0 radical (unpaired) electrons. The molecule has 0 bridgehead atoms. The Morgan fingerprint density at radius 3 is 2.50 bits per heavy atom. The summed E-state index contributed by atoms with van der Waals surface area (Å²) in [6.07, 6.45) is 0.259. The number of hydrogen-bond acceptors (Lipinski definition) is 2. The lowest BCUT2D eigenvalue weighted by molar-refractivity contribution is -0.119. The molecule has 3 N–H and O–H groups in total. The highest BCUT2D eigenvalue weighted by Crippen LogP contribution is 2.22. The van der Waals surface area contributed by atoms with E-state index in [1.54, 1.807) is 42.5 Å². The van der Waals surface area contributed by atoms with Gasteiger partial charge < -0.3 is 11.1 Å². The molecule has 0 aliphatic heterocycles. The van der Waals surface area contributed by atoms with Gasteiger partial charge in [-0.3, -0.25) is 9.59 Å². The SMILES string of the molecule is NC(=O)[C@H](Cc1cc(Cl)ccc1Br)NC(=O)c1ccccc1. The molecule has 22 heavy (non-hydrogen) atoms. The Hall–Kier alpha value is -1.85. The number of hydrogen-bond donors (Lipinski definition) is 2. The zero-order chi connectivity index (χ0) is 16.1. The lowest BCUT2D eigenvalue weighted by Crippen LogP contribution is -2.45. The van der Waals surface area contributed by atoms with Crippen molar-refractivity contribution in [2.75, 3.05) is 0 Å². The molecule has 0 aliphatic carbocycles. The lowest BCUT2D eigenvalue weighted by Gasteiger charge is -2.16. The largest absolute Gasteiger partial charge is 0.368 e. The molecule has 0 heterocycles. The summed E-state index contributed by atoms with van der Waals surface area (Å²) in [4.78, 5) is 23.8. The molecule has 0 aromatic heterocycles. The Morgan fingerprint density at radius 2 is 1.86 bits per heavy atom. The molecule has 2 rings (SSSR count). The molecule has 0 aliphatic rings. The van der Waals surface area contributed by atoms with Crippen molar-refractivity contribution in [3.05, 3.63) is 69.2 Å². The van der Waals surface area contributed by atoms with Crippen molar-refractivity contribution in [1.82, 2.24) is 5.32 Å².